The summed E-state index contributed by atoms with van der Waals surface area (Å²) in [4.78, 5) is 22.4. The van der Waals surface area contributed by atoms with Crippen LogP contribution in [-0.4, -0.2) is 52.8 Å². The fraction of sp³-hybridized carbons (Fsp3) is 0.240. The third kappa shape index (κ3) is 5.67. The summed E-state index contributed by atoms with van der Waals surface area (Å²) < 4.78 is 1.61. The van der Waals surface area contributed by atoms with Crippen molar-refractivity contribution in [2.24, 2.45) is 0 Å². The molecular formula is C25H27Cl2N5OS. The third-order valence-electron chi connectivity index (χ3n) is 5.24. The Hall–Kier alpha value is -2.71. The van der Waals surface area contributed by atoms with E-state index in [1.165, 1.54) is 11.3 Å². The Bertz CT molecular complexity index is 1220. The fourth-order valence-corrected chi connectivity index (χ4v) is 4.79. The van der Waals surface area contributed by atoms with Crippen molar-refractivity contribution in [2.75, 3.05) is 32.1 Å². The minimum atomic E-state index is -0.188. The molecule has 2 aromatic heterocycles. The van der Waals surface area contributed by atoms with Crippen LogP contribution in [0.1, 0.15) is 22.5 Å². The number of aromatic nitrogens is 3. The number of hydrogen-bond donors (Lipinski definition) is 0. The Morgan fingerprint density at radius 1 is 1.03 bits per heavy atom. The van der Waals surface area contributed by atoms with Gasteiger partial charge in [-0.1, -0.05) is 60.1 Å². The SMILES string of the molecule is Cc1nn(-c2ccccc2)c(Cl)c1C(=O)N(CCCN(C)C)c1nc(-c2ccccc2)cs1.Cl. The van der Waals surface area contributed by atoms with Gasteiger partial charge in [-0.25, -0.2) is 9.67 Å². The first-order chi connectivity index (χ1) is 16.0. The quantitative estimate of drug-likeness (QED) is 0.289. The van der Waals surface area contributed by atoms with Crippen LogP contribution in [0.3, 0.4) is 0 Å². The summed E-state index contributed by atoms with van der Waals surface area (Å²) in [6.45, 7) is 3.20. The van der Waals surface area contributed by atoms with Gasteiger partial charge in [0.2, 0.25) is 0 Å². The van der Waals surface area contributed by atoms with Crippen molar-refractivity contribution in [2.45, 2.75) is 13.3 Å². The van der Waals surface area contributed by atoms with E-state index in [4.69, 9.17) is 16.6 Å². The second-order valence-corrected chi connectivity index (χ2v) is 9.19. The molecule has 34 heavy (non-hydrogen) atoms. The fourth-order valence-electron chi connectivity index (χ4n) is 3.58. The first kappa shape index (κ1) is 25.9. The zero-order valence-corrected chi connectivity index (χ0v) is 21.7. The minimum absolute atomic E-state index is 0. The molecule has 0 aliphatic heterocycles. The molecule has 6 nitrogen and oxygen atoms in total. The minimum Gasteiger partial charge on any atom is -0.309 e. The Balaban J connectivity index is 0.00000324. The van der Waals surface area contributed by atoms with E-state index in [-0.39, 0.29) is 18.3 Å². The number of nitrogens with zero attached hydrogens (tertiary/aromatic N) is 5. The molecule has 4 aromatic rings. The van der Waals surface area contributed by atoms with Crippen LogP contribution in [0.4, 0.5) is 5.13 Å². The molecule has 1 amide bonds. The lowest BCUT2D eigenvalue weighted by Crippen LogP contribution is -2.34. The smallest absolute Gasteiger partial charge is 0.265 e. The van der Waals surface area contributed by atoms with E-state index in [1.54, 1.807) is 9.58 Å². The molecule has 0 bridgehead atoms. The summed E-state index contributed by atoms with van der Waals surface area (Å²) in [7, 11) is 4.04. The third-order valence-corrected chi connectivity index (χ3v) is 6.46. The Kier molecular flexibility index (Phi) is 8.85. The summed E-state index contributed by atoms with van der Waals surface area (Å²) in [6, 6.07) is 19.6. The molecular weight excluding hydrogens is 489 g/mol. The van der Waals surface area contributed by atoms with Gasteiger partial charge in [0.15, 0.2) is 5.13 Å². The maximum absolute atomic E-state index is 13.8. The summed E-state index contributed by atoms with van der Waals surface area (Å²) in [5, 5.41) is 7.50. The van der Waals surface area contributed by atoms with Crippen LogP contribution in [0, 0.1) is 6.92 Å². The Labute approximate surface area is 215 Å². The van der Waals surface area contributed by atoms with Crippen LogP contribution in [-0.2, 0) is 0 Å². The van der Waals surface area contributed by atoms with E-state index >= 15 is 0 Å². The maximum atomic E-state index is 13.8. The number of para-hydroxylation sites is 1. The molecule has 0 radical (unpaired) electrons. The molecule has 178 valence electrons. The number of carbonyl (C=O) groups is 1. The number of benzene rings is 2. The topological polar surface area (TPSA) is 54.3 Å². The van der Waals surface area contributed by atoms with Gasteiger partial charge in [-0.2, -0.15) is 5.10 Å². The van der Waals surface area contributed by atoms with Crippen molar-refractivity contribution in [3.63, 3.8) is 0 Å². The van der Waals surface area contributed by atoms with Gasteiger partial charge in [0.25, 0.3) is 5.91 Å². The van der Waals surface area contributed by atoms with Crippen LogP contribution < -0.4 is 4.90 Å². The summed E-state index contributed by atoms with van der Waals surface area (Å²) >= 11 is 8.16. The van der Waals surface area contributed by atoms with Gasteiger partial charge in [-0.15, -0.1) is 23.7 Å². The Morgan fingerprint density at radius 2 is 1.68 bits per heavy atom. The summed E-state index contributed by atoms with van der Waals surface area (Å²) in [5.41, 5.74) is 3.67. The molecule has 0 unspecified atom stereocenters. The Morgan fingerprint density at radius 3 is 2.32 bits per heavy atom. The molecule has 0 saturated heterocycles. The van der Waals surface area contributed by atoms with E-state index in [0.29, 0.717) is 28.1 Å². The van der Waals surface area contributed by atoms with Crippen molar-refractivity contribution in [3.05, 3.63) is 82.5 Å². The van der Waals surface area contributed by atoms with Crippen LogP contribution in [0.5, 0.6) is 0 Å². The average molecular weight is 516 g/mol. The number of rotatable bonds is 8. The molecule has 0 fully saturated rings. The molecule has 0 aliphatic rings. The molecule has 0 aliphatic carbocycles. The molecule has 0 spiro atoms. The van der Waals surface area contributed by atoms with Crippen LogP contribution >= 0.6 is 35.3 Å². The number of aryl methyl sites for hydroxylation is 1. The second kappa shape index (κ2) is 11.6. The number of carbonyl (C=O) groups excluding carboxylic acids is 1. The molecule has 0 atom stereocenters. The van der Waals surface area contributed by atoms with E-state index in [9.17, 15) is 4.79 Å². The van der Waals surface area contributed by atoms with E-state index in [1.807, 2.05) is 87.1 Å². The lowest BCUT2D eigenvalue weighted by Gasteiger charge is -2.21. The zero-order valence-electron chi connectivity index (χ0n) is 19.3. The predicted molar refractivity (Wildman–Crippen MR) is 143 cm³/mol. The van der Waals surface area contributed by atoms with Gasteiger partial charge in [-0.05, 0) is 46.1 Å². The largest absolute Gasteiger partial charge is 0.309 e. The van der Waals surface area contributed by atoms with Gasteiger partial charge in [-0.3, -0.25) is 9.69 Å². The van der Waals surface area contributed by atoms with Gasteiger partial charge >= 0.3 is 0 Å². The molecule has 2 aromatic carbocycles. The standard InChI is InChI=1S/C25H26ClN5OS.ClH/c1-18-22(23(26)31(28-18)20-13-8-5-9-14-20)24(32)30(16-10-15-29(2)3)25-27-21(17-33-25)19-11-6-4-7-12-19;/h4-9,11-14,17H,10,15-16H2,1-3H3;1H. The number of hydrogen-bond acceptors (Lipinski definition) is 5. The predicted octanol–water partition coefficient (Wildman–Crippen LogP) is 5.98. The number of thiazole rings is 1. The first-order valence-corrected chi connectivity index (χ1v) is 12.0. The molecule has 2 heterocycles. The van der Waals surface area contributed by atoms with Crippen molar-refractivity contribution in [1.29, 1.82) is 0 Å². The first-order valence-electron chi connectivity index (χ1n) is 10.7. The maximum Gasteiger partial charge on any atom is 0.265 e. The molecule has 0 N–H and O–H groups in total. The van der Waals surface area contributed by atoms with E-state index in [0.717, 1.165) is 29.9 Å². The van der Waals surface area contributed by atoms with E-state index in [2.05, 4.69) is 10.00 Å². The van der Waals surface area contributed by atoms with Crippen LogP contribution in [0.2, 0.25) is 5.15 Å². The lowest BCUT2D eigenvalue weighted by molar-refractivity contribution is 0.0985. The van der Waals surface area contributed by atoms with Crippen molar-refractivity contribution in [1.82, 2.24) is 19.7 Å². The van der Waals surface area contributed by atoms with Gasteiger partial charge < -0.3 is 4.90 Å². The average Bonchev–Trinajstić information content (AvgIpc) is 3.42. The van der Waals surface area contributed by atoms with Crippen molar-refractivity contribution >= 4 is 46.4 Å². The monoisotopic (exact) mass is 515 g/mol. The zero-order chi connectivity index (χ0) is 23.4. The molecule has 4 rings (SSSR count). The van der Waals surface area contributed by atoms with Crippen molar-refractivity contribution < 1.29 is 4.79 Å². The van der Waals surface area contributed by atoms with Crippen molar-refractivity contribution in [3.8, 4) is 16.9 Å². The molecule has 0 saturated carbocycles. The molecule has 9 heteroatoms. The van der Waals surface area contributed by atoms with Gasteiger partial charge in [0, 0.05) is 17.5 Å². The number of amides is 1. The highest BCUT2D eigenvalue weighted by atomic mass is 35.5. The summed E-state index contributed by atoms with van der Waals surface area (Å²) in [5.74, 6) is -0.188. The van der Waals surface area contributed by atoms with Gasteiger partial charge in [0.05, 0.1) is 17.1 Å². The highest BCUT2D eigenvalue weighted by molar-refractivity contribution is 7.14. The highest BCUT2D eigenvalue weighted by Crippen LogP contribution is 2.31. The lowest BCUT2D eigenvalue weighted by atomic mass is 10.2. The van der Waals surface area contributed by atoms with Gasteiger partial charge in [0.1, 0.15) is 10.7 Å². The number of halogens is 2. The van der Waals surface area contributed by atoms with E-state index < -0.39 is 0 Å². The summed E-state index contributed by atoms with van der Waals surface area (Å²) in [6.07, 6.45) is 0.808. The van der Waals surface area contributed by atoms with Crippen LogP contribution in [0.15, 0.2) is 66.0 Å². The number of anilines is 1. The second-order valence-electron chi connectivity index (χ2n) is 7.99. The normalized spacial score (nSPS) is 10.9. The van der Waals surface area contributed by atoms with Crippen LogP contribution in [0.25, 0.3) is 16.9 Å². The highest BCUT2D eigenvalue weighted by Gasteiger charge is 2.28.